The number of aromatic nitrogens is 3. The zero-order valence-corrected chi connectivity index (χ0v) is 10.3. The van der Waals surface area contributed by atoms with E-state index in [1.807, 2.05) is 6.92 Å². The Morgan fingerprint density at radius 3 is 2.47 bits per heavy atom. The highest BCUT2D eigenvalue weighted by molar-refractivity contribution is 5.34. The molecule has 0 aromatic carbocycles. The van der Waals surface area contributed by atoms with Crippen molar-refractivity contribution in [2.45, 2.75) is 25.9 Å². The van der Waals surface area contributed by atoms with E-state index in [4.69, 9.17) is 5.84 Å². The number of hydrogen-bond acceptors (Lipinski definition) is 7. The smallest absolute Gasteiger partial charge is 0.422 e. The fourth-order valence-electron chi connectivity index (χ4n) is 1.09. The number of anilines is 2. The summed E-state index contributed by atoms with van der Waals surface area (Å²) in [6.07, 6.45) is -2.63. The average Bonchev–Trinajstić information content (AvgIpc) is 2.36. The number of unbranched alkanes of at least 4 members (excludes halogenated alkanes) is 1. The summed E-state index contributed by atoms with van der Waals surface area (Å²) in [5.41, 5.74) is 2.13. The van der Waals surface area contributed by atoms with Crippen LogP contribution in [0.15, 0.2) is 0 Å². The van der Waals surface area contributed by atoms with Gasteiger partial charge in [0.1, 0.15) is 0 Å². The molecular weight excluding hydrogens is 265 g/mol. The maximum absolute atomic E-state index is 12.0. The predicted molar refractivity (Wildman–Crippen MR) is 62.6 cm³/mol. The van der Waals surface area contributed by atoms with Gasteiger partial charge in [-0.2, -0.15) is 28.1 Å². The van der Waals surface area contributed by atoms with Gasteiger partial charge in [-0.15, -0.1) is 0 Å². The molecule has 0 bridgehead atoms. The monoisotopic (exact) mass is 280 g/mol. The van der Waals surface area contributed by atoms with Gasteiger partial charge in [-0.05, 0) is 6.42 Å². The second-order valence-corrected chi connectivity index (χ2v) is 3.59. The zero-order chi connectivity index (χ0) is 14.3. The second kappa shape index (κ2) is 6.92. The van der Waals surface area contributed by atoms with Crippen molar-refractivity contribution in [3.63, 3.8) is 0 Å². The maximum atomic E-state index is 12.0. The van der Waals surface area contributed by atoms with Crippen molar-refractivity contribution in [3.05, 3.63) is 0 Å². The Hall–Kier alpha value is -1.84. The molecule has 0 unspecified atom stereocenters. The molecule has 0 atom stereocenters. The molecule has 0 amide bonds. The van der Waals surface area contributed by atoms with E-state index in [2.05, 4.69) is 30.4 Å². The van der Waals surface area contributed by atoms with Crippen LogP contribution in [0.1, 0.15) is 19.8 Å². The van der Waals surface area contributed by atoms with Crippen molar-refractivity contribution in [1.82, 2.24) is 15.0 Å². The minimum atomic E-state index is -4.46. The largest absolute Gasteiger partial charge is 0.454 e. The van der Waals surface area contributed by atoms with Crippen LogP contribution in [0.5, 0.6) is 6.01 Å². The van der Waals surface area contributed by atoms with Crippen LogP contribution in [-0.2, 0) is 0 Å². The Morgan fingerprint density at radius 2 is 1.89 bits per heavy atom. The van der Waals surface area contributed by atoms with Gasteiger partial charge in [-0.1, -0.05) is 13.3 Å². The number of nitrogen functional groups attached to an aromatic ring is 1. The van der Waals surface area contributed by atoms with Crippen LogP contribution in [0.25, 0.3) is 0 Å². The van der Waals surface area contributed by atoms with Gasteiger partial charge in [0.2, 0.25) is 11.9 Å². The third-order valence-electron chi connectivity index (χ3n) is 1.92. The van der Waals surface area contributed by atoms with Gasteiger partial charge >= 0.3 is 12.2 Å². The summed E-state index contributed by atoms with van der Waals surface area (Å²) in [7, 11) is 0. The summed E-state index contributed by atoms with van der Waals surface area (Å²) in [5.74, 6) is 5.14. The Kier molecular flexibility index (Phi) is 5.55. The minimum absolute atomic E-state index is 0.0776. The fourth-order valence-corrected chi connectivity index (χ4v) is 1.09. The molecule has 0 saturated carbocycles. The standard InChI is InChI=1S/C9H15F3N6O/c1-2-3-4-14-6-15-7(18-13)17-8(16-6)19-5-9(10,11)12/h2-5,13H2,1H3,(H2,14,15,16,17,18). The van der Waals surface area contributed by atoms with Gasteiger partial charge in [0, 0.05) is 6.54 Å². The molecule has 1 rings (SSSR count). The Bertz CT molecular complexity index is 400. The summed E-state index contributed by atoms with van der Waals surface area (Å²) < 4.78 is 40.5. The van der Waals surface area contributed by atoms with Gasteiger partial charge in [0.05, 0.1) is 0 Å². The van der Waals surface area contributed by atoms with Crippen molar-refractivity contribution >= 4 is 11.9 Å². The Labute approximate surface area is 107 Å². The van der Waals surface area contributed by atoms with E-state index in [1.54, 1.807) is 0 Å². The highest BCUT2D eigenvalue weighted by Crippen LogP contribution is 2.17. The van der Waals surface area contributed by atoms with Gasteiger partial charge in [0.25, 0.3) is 0 Å². The van der Waals surface area contributed by atoms with Crippen LogP contribution in [0.2, 0.25) is 0 Å². The van der Waals surface area contributed by atoms with E-state index < -0.39 is 18.8 Å². The molecule has 0 aliphatic rings. The van der Waals surface area contributed by atoms with Gasteiger partial charge < -0.3 is 10.1 Å². The number of nitrogens with zero attached hydrogens (tertiary/aromatic N) is 3. The number of alkyl halides is 3. The van der Waals surface area contributed by atoms with E-state index >= 15 is 0 Å². The highest BCUT2D eigenvalue weighted by atomic mass is 19.4. The second-order valence-electron chi connectivity index (χ2n) is 3.59. The molecular formula is C9H15F3N6O. The number of hydrazine groups is 1. The van der Waals surface area contributed by atoms with Gasteiger partial charge in [-0.25, -0.2) is 5.84 Å². The fraction of sp³-hybridized carbons (Fsp3) is 0.667. The van der Waals surface area contributed by atoms with E-state index in [1.165, 1.54) is 0 Å². The first-order chi connectivity index (χ1) is 8.94. The topological polar surface area (TPSA) is 98.0 Å². The van der Waals surface area contributed by atoms with Crippen molar-refractivity contribution in [2.75, 3.05) is 23.9 Å². The van der Waals surface area contributed by atoms with Crippen LogP contribution in [-0.4, -0.2) is 34.3 Å². The van der Waals surface area contributed by atoms with E-state index in [0.29, 0.717) is 6.54 Å². The Morgan fingerprint density at radius 1 is 1.21 bits per heavy atom. The molecule has 108 valence electrons. The molecule has 0 aliphatic carbocycles. The van der Waals surface area contributed by atoms with Crippen molar-refractivity contribution in [3.8, 4) is 6.01 Å². The maximum Gasteiger partial charge on any atom is 0.422 e. The summed E-state index contributed by atoms with van der Waals surface area (Å²) in [6.45, 7) is 1.11. The molecule has 0 radical (unpaired) electrons. The summed E-state index contributed by atoms with van der Waals surface area (Å²) in [4.78, 5) is 11.1. The van der Waals surface area contributed by atoms with Crippen LogP contribution in [0.3, 0.4) is 0 Å². The molecule has 0 fully saturated rings. The first-order valence-corrected chi connectivity index (χ1v) is 5.60. The van der Waals surface area contributed by atoms with Gasteiger partial charge in [0.15, 0.2) is 6.61 Å². The molecule has 0 spiro atoms. The predicted octanol–water partition coefficient (Wildman–Crippen LogP) is 1.31. The number of nitrogens with two attached hydrogens (primary N) is 1. The number of rotatable bonds is 7. The lowest BCUT2D eigenvalue weighted by molar-refractivity contribution is -0.154. The summed E-state index contributed by atoms with van der Waals surface area (Å²) in [5, 5.41) is 2.84. The lowest BCUT2D eigenvalue weighted by Gasteiger charge is -2.10. The summed E-state index contributed by atoms with van der Waals surface area (Å²) >= 11 is 0. The SMILES string of the molecule is CCCCNc1nc(NN)nc(OCC(F)(F)F)n1. The molecule has 19 heavy (non-hydrogen) atoms. The molecule has 4 N–H and O–H groups in total. The van der Waals surface area contributed by atoms with Crippen molar-refractivity contribution in [1.29, 1.82) is 0 Å². The molecule has 0 saturated heterocycles. The van der Waals surface area contributed by atoms with E-state index in [9.17, 15) is 13.2 Å². The number of halogens is 3. The van der Waals surface area contributed by atoms with Crippen LogP contribution in [0.4, 0.5) is 25.1 Å². The van der Waals surface area contributed by atoms with E-state index in [0.717, 1.165) is 12.8 Å². The van der Waals surface area contributed by atoms with Crippen LogP contribution in [0, 0.1) is 0 Å². The lowest BCUT2D eigenvalue weighted by atomic mass is 10.3. The number of nitrogens with one attached hydrogen (secondary N) is 2. The first kappa shape index (κ1) is 15.2. The van der Waals surface area contributed by atoms with Crippen molar-refractivity contribution in [2.24, 2.45) is 5.84 Å². The number of ether oxygens (including phenoxy) is 1. The molecule has 10 heteroatoms. The normalized spacial score (nSPS) is 11.2. The summed E-state index contributed by atoms with van der Waals surface area (Å²) in [6, 6.07) is -0.445. The van der Waals surface area contributed by atoms with Crippen LogP contribution >= 0.6 is 0 Å². The zero-order valence-electron chi connectivity index (χ0n) is 10.3. The van der Waals surface area contributed by atoms with Crippen LogP contribution < -0.4 is 21.3 Å². The molecule has 0 aliphatic heterocycles. The molecule has 1 aromatic rings. The third-order valence-corrected chi connectivity index (χ3v) is 1.92. The first-order valence-electron chi connectivity index (χ1n) is 5.60. The number of hydrogen-bond donors (Lipinski definition) is 3. The third kappa shape index (κ3) is 6.04. The van der Waals surface area contributed by atoms with E-state index in [-0.39, 0.29) is 11.9 Å². The van der Waals surface area contributed by atoms with Gasteiger partial charge in [-0.3, -0.25) is 5.43 Å². The minimum Gasteiger partial charge on any atom is -0.454 e. The average molecular weight is 280 g/mol. The molecule has 1 heterocycles. The lowest BCUT2D eigenvalue weighted by Crippen LogP contribution is -2.21. The van der Waals surface area contributed by atoms with Crippen molar-refractivity contribution < 1.29 is 17.9 Å². The Balaban J connectivity index is 2.71. The highest BCUT2D eigenvalue weighted by Gasteiger charge is 2.29. The quantitative estimate of drug-likeness (QED) is 0.393. The molecule has 7 nitrogen and oxygen atoms in total. The molecule has 1 aromatic heterocycles.